The van der Waals surface area contributed by atoms with Gasteiger partial charge in [-0.05, 0) is 37.0 Å². The summed E-state index contributed by atoms with van der Waals surface area (Å²) in [5.41, 5.74) is 1.19. The molecule has 86 valence electrons. The molecular weight excluding hydrogens is 204 g/mol. The Morgan fingerprint density at radius 2 is 2.06 bits per heavy atom. The van der Waals surface area contributed by atoms with Crippen LogP contribution in [0.15, 0.2) is 24.3 Å². The first kappa shape index (κ1) is 11.0. The van der Waals surface area contributed by atoms with E-state index in [0.29, 0.717) is 12.5 Å². The van der Waals surface area contributed by atoms with Gasteiger partial charge in [0.25, 0.3) is 0 Å². The first-order chi connectivity index (χ1) is 7.76. The number of carbonyl (C=O) groups is 1. The van der Waals surface area contributed by atoms with E-state index in [4.69, 9.17) is 9.47 Å². The zero-order valence-corrected chi connectivity index (χ0v) is 9.60. The molecule has 1 aromatic rings. The standard InChI is InChI=1S/C13H16O3/c1-3-16-13(14)12-8-11(12)9-4-6-10(15-2)7-5-9/h4-7,11-12H,3,8H2,1-2H3/t11-,12-/m1/s1. The number of benzene rings is 1. The molecule has 0 saturated heterocycles. The normalized spacial score (nSPS) is 22.6. The number of ether oxygens (including phenoxy) is 2. The summed E-state index contributed by atoms with van der Waals surface area (Å²) < 4.78 is 10.1. The lowest BCUT2D eigenvalue weighted by molar-refractivity contribution is -0.144. The maximum Gasteiger partial charge on any atom is 0.309 e. The Hall–Kier alpha value is -1.51. The number of methoxy groups -OCH3 is 1. The van der Waals surface area contributed by atoms with Crippen molar-refractivity contribution in [1.82, 2.24) is 0 Å². The van der Waals surface area contributed by atoms with Crippen molar-refractivity contribution in [2.45, 2.75) is 19.3 Å². The summed E-state index contributed by atoms with van der Waals surface area (Å²) in [5.74, 6) is 1.18. The van der Waals surface area contributed by atoms with Gasteiger partial charge in [-0.2, -0.15) is 0 Å². The lowest BCUT2D eigenvalue weighted by Crippen LogP contribution is -2.07. The van der Waals surface area contributed by atoms with Crippen LogP contribution in [0.5, 0.6) is 5.75 Å². The summed E-state index contributed by atoms with van der Waals surface area (Å²) in [6, 6.07) is 7.89. The second kappa shape index (κ2) is 4.56. The van der Waals surface area contributed by atoms with Gasteiger partial charge in [0.1, 0.15) is 5.75 Å². The first-order valence-electron chi connectivity index (χ1n) is 5.56. The van der Waals surface area contributed by atoms with E-state index in [-0.39, 0.29) is 11.9 Å². The molecule has 1 saturated carbocycles. The second-order valence-electron chi connectivity index (χ2n) is 3.97. The average Bonchev–Trinajstić information content (AvgIpc) is 3.09. The predicted molar refractivity (Wildman–Crippen MR) is 60.5 cm³/mol. The Bertz CT molecular complexity index is 369. The third-order valence-corrected chi connectivity index (χ3v) is 2.92. The van der Waals surface area contributed by atoms with E-state index in [2.05, 4.69) is 0 Å². The molecule has 16 heavy (non-hydrogen) atoms. The number of rotatable bonds is 4. The summed E-state index contributed by atoms with van der Waals surface area (Å²) in [6.07, 6.45) is 0.908. The molecule has 0 N–H and O–H groups in total. The minimum atomic E-state index is -0.0664. The smallest absolute Gasteiger partial charge is 0.309 e. The summed E-state index contributed by atoms with van der Waals surface area (Å²) in [7, 11) is 1.65. The van der Waals surface area contributed by atoms with Crippen molar-refractivity contribution in [3.05, 3.63) is 29.8 Å². The Balaban J connectivity index is 1.97. The molecule has 0 aliphatic heterocycles. The van der Waals surface area contributed by atoms with E-state index in [1.165, 1.54) is 5.56 Å². The number of hydrogen-bond donors (Lipinski definition) is 0. The van der Waals surface area contributed by atoms with Gasteiger partial charge >= 0.3 is 5.97 Å². The number of hydrogen-bond acceptors (Lipinski definition) is 3. The van der Waals surface area contributed by atoms with Crippen LogP contribution in [0.25, 0.3) is 0 Å². The number of carbonyl (C=O) groups excluding carboxylic acids is 1. The molecular formula is C13H16O3. The van der Waals surface area contributed by atoms with E-state index >= 15 is 0 Å². The van der Waals surface area contributed by atoms with Crippen LogP contribution >= 0.6 is 0 Å². The zero-order chi connectivity index (χ0) is 11.5. The lowest BCUT2D eigenvalue weighted by Gasteiger charge is -2.03. The molecule has 2 rings (SSSR count). The van der Waals surface area contributed by atoms with Gasteiger partial charge in [0.05, 0.1) is 19.6 Å². The van der Waals surface area contributed by atoms with E-state index < -0.39 is 0 Å². The third-order valence-electron chi connectivity index (χ3n) is 2.92. The van der Waals surface area contributed by atoms with Gasteiger partial charge in [-0.25, -0.2) is 0 Å². The molecule has 1 aliphatic rings. The fraction of sp³-hybridized carbons (Fsp3) is 0.462. The average molecular weight is 220 g/mol. The molecule has 0 unspecified atom stereocenters. The zero-order valence-electron chi connectivity index (χ0n) is 9.60. The molecule has 2 atom stereocenters. The van der Waals surface area contributed by atoms with Gasteiger partial charge in [0.15, 0.2) is 0 Å². The van der Waals surface area contributed by atoms with E-state index in [9.17, 15) is 4.79 Å². The molecule has 1 aliphatic carbocycles. The van der Waals surface area contributed by atoms with Gasteiger partial charge in [0.2, 0.25) is 0 Å². The molecule has 0 amide bonds. The second-order valence-corrected chi connectivity index (χ2v) is 3.97. The Morgan fingerprint density at radius 1 is 1.38 bits per heavy atom. The van der Waals surface area contributed by atoms with Crippen LogP contribution in [-0.4, -0.2) is 19.7 Å². The van der Waals surface area contributed by atoms with E-state index in [1.54, 1.807) is 7.11 Å². The van der Waals surface area contributed by atoms with E-state index in [0.717, 1.165) is 12.2 Å². The first-order valence-corrected chi connectivity index (χ1v) is 5.56. The molecule has 1 aromatic carbocycles. The minimum Gasteiger partial charge on any atom is -0.497 e. The van der Waals surface area contributed by atoms with Crippen molar-refractivity contribution in [2.75, 3.05) is 13.7 Å². The molecule has 0 aromatic heterocycles. The molecule has 0 heterocycles. The van der Waals surface area contributed by atoms with Crippen LogP contribution < -0.4 is 4.74 Å². The molecule has 3 heteroatoms. The van der Waals surface area contributed by atoms with Gasteiger partial charge in [0, 0.05) is 0 Å². The van der Waals surface area contributed by atoms with Gasteiger partial charge < -0.3 is 9.47 Å². The maximum atomic E-state index is 11.5. The van der Waals surface area contributed by atoms with Crippen molar-refractivity contribution >= 4 is 5.97 Å². The predicted octanol–water partition coefficient (Wildman–Crippen LogP) is 2.36. The van der Waals surface area contributed by atoms with Crippen molar-refractivity contribution in [2.24, 2.45) is 5.92 Å². The van der Waals surface area contributed by atoms with Gasteiger partial charge in [-0.1, -0.05) is 12.1 Å². The molecule has 3 nitrogen and oxygen atoms in total. The van der Waals surface area contributed by atoms with Crippen molar-refractivity contribution in [3.63, 3.8) is 0 Å². The Kier molecular flexibility index (Phi) is 3.13. The lowest BCUT2D eigenvalue weighted by atomic mass is 10.1. The Labute approximate surface area is 95.4 Å². The fourth-order valence-electron chi connectivity index (χ4n) is 1.92. The molecule has 0 spiro atoms. The van der Waals surface area contributed by atoms with Crippen LogP contribution in [0.1, 0.15) is 24.8 Å². The maximum absolute atomic E-state index is 11.5. The van der Waals surface area contributed by atoms with Crippen molar-refractivity contribution in [1.29, 1.82) is 0 Å². The molecule has 0 bridgehead atoms. The van der Waals surface area contributed by atoms with Crippen LogP contribution in [0.4, 0.5) is 0 Å². The minimum absolute atomic E-state index is 0.0633. The Morgan fingerprint density at radius 3 is 2.62 bits per heavy atom. The van der Waals surface area contributed by atoms with Crippen LogP contribution in [0.3, 0.4) is 0 Å². The van der Waals surface area contributed by atoms with E-state index in [1.807, 2.05) is 31.2 Å². The monoisotopic (exact) mass is 220 g/mol. The highest BCUT2D eigenvalue weighted by Crippen LogP contribution is 2.48. The summed E-state index contributed by atoms with van der Waals surface area (Å²) in [4.78, 5) is 11.5. The van der Waals surface area contributed by atoms with Gasteiger partial charge in [-0.3, -0.25) is 4.79 Å². The fourth-order valence-corrected chi connectivity index (χ4v) is 1.92. The van der Waals surface area contributed by atoms with Crippen LogP contribution in [0.2, 0.25) is 0 Å². The topological polar surface area (TPSA) is 35.5 Å². The highest BCUT2D eigenvalue weighted by atomic mass is 16.5. The quantitative estimate of drug-likeness (QED) is 0.731. The van der Waals surface area contributed by atoms with Crippen molar-refractivity contribution in [3.8, 4) is 5.75 Å². The highest BCUT2D eigenvalue weighted by Gasteiger charge is 2.44. The summed E-state index contributed by atoms with van der Waals surface area (Å²) in [6.45, 7) is 2.30. The molecule has 1 fully saturated rings. The van der Waals surface area contributed by atoms with Gasteiger partial charge in [-0.15, -0.1) is 0 Å². The largest absolute Gasteiger partial charge is 0.497 e. The molecule has 0 radical (unpaired) electrons. The van der Waals surface area contributed by atoms with Crippen LogP contribution in [0, 0.1) is 5.92 Å². The van der Waals surface area contributed by atoms with Crippen molar-refractivity contribution < 1.29 is 14.3 Å². The third kappa shape index (κ3) is 2.18. The SMILES string of the molecule is CCOC(=O)[C@@H]1C[C@@H]1c1ccc(OC)cc1. The number of esters is 1. The summed E-state index contributed by atoms with van der Waals surface area (Å²) >= 11 is 0. The van der Waals surface area contributed by atoms with Crippen LogP contribution in [-0.2, 0) is 9.53 Å². The highest BCUT2D eigenvalue weighted by molar-refractivity contribution is 5.77. The summed E-state index contributed by atoms with van der Waals surface area (Å²) in [5, 5.41) is 0.